The Bertz CT molecular complexity index is 1140. The van der Waals surface area contributed by atoms with Crippen molar-refractivity contribution in [2.45, 2.75) is 32.2 Å². The third kappa shape index (κ3) is 6.91. The van der Waals surface area contributed by atoms with Crippen molar-refractivity contribution < 1.29 is 0 Å². The summed E-state index contributed by atoms with van der Waals surface area (Å²) in [5.74, 6) is 2.34. The van der Waals surface area contributed by atoms with Gasteiger partial charge in [0.25, 0.3) is 0 Å². The van der Waals surface area contributed by atoms with Crippen LogP contribution in [0.4, 0.5) is 11.6 Å². The maximum atomic E-state index is 8.54. The second-order valence-corrected chi connectivity index (χ2v) is 9.23. The number of benzene rings is 1. The molecule has 1 saturated carbocycles. The fraction of sp³-hybridized carbons (Fsp3) is 0.292. The number of aromatic nitrogens is 3. The van der Waals surface area contributed by atoms with E-state index in [2.05, 4.69) is 36.2 Å². The van der Waals surface area contributed by atoms with Gasteiger partial charge in [-0.05, 0) is 49.6 Å². The van der Waals surface area contributed by atoms with Crippen LogP contribution in [0.15, 0.2) is 59.7 Å². The van der Waals surface area contributed by atoms with Gasteiger partial charge in [-0.3, -0.25) is 0 Å². The van der Waals surface area contributed by atoms with E-state index in [1.165, 1.54) is 18.5 Å². The van der Waals surface area contributed by atoms with Crippen LogP contribution in [-0.4, -0.2) is 37.3 Å². The molecule has 2 aliphatic rings. The first-order valence-electron chi connectivity index (χ1n) is 10.7. The summed E-state index contributed by atoms with van der Waals surface area (Å²) in [5.41, 5.74) is 4.30. The summed E-state index contributed by atoms with van der Waals surface area (Å²) >= 11 is 7.32. The third-order valence-electron chi connectivity index (χ3n) is 5.07. The summed E-state index contributed by atoms with van der Waals surface area (Å²) in [5, 5.41) is 13.1. The van der Waals surface area contributed by atoms with Crippen LogP contribution in [0, 0.1) is 18.4 Å². The molecule has 0 amide bonds. The average Bonchev–Trinajstić information content (AvgIpc) is 3.58. The van der Waals surface area contributed by atoms with Crippen molar-refractivity contribution in [1.29, 1.82) is 5.26 Å². The fourth-order valence-corrected chi connectivity index (χ4v) is 4.38. The summed E-state index contributed by atoms with van der Waals surface area (Å²) in [6.07, 6.45) is 6.10. The van der Waals surface area contributed by atoms with Gasteiger partial charge in [0.05, 0.1) is 0 Å². The van der Waals surface area contributed by atoms with Crippen LogP contribution in [0.1, 0.15) is 35.7 Å². The van der Waals surface area contributed by atoms with Crippen LogP contribution in [-0.2, 0) is 6.54 Å². The lowest BCUT2D eigenvalue weighted by Gasteiger charge is -2.16. The predicted octanol–water partition coefficient (Wildman–Crippen LogP) is 5.53. The average molecular weight is 478 g/mol. The molecule has 0 spiro atoms. The van der Waals surface area contributed by atoms with E-state index in [0.29, 0.717) is 17.0 Å². The Morgan fingerprint density at radius 1 is 1.21 bits per heavy atom. The molecule has 1 aliphatic heterocycles. The second kappa shape index (κ2) is 11.1. The van der Waals surface area contributed by atoms with Gasteiger partial charge in [0.15, 0.2) is 5.17 Å². The molecule has 1 N–H and O–H groups in total. The van der Waals surface area contributed by atoms with E-state index < -0.39 is 0 Å². The smallest absolute Gasteiger partial charge is 0.227 e. The first-order chi connectivity index (χ1) is 16.1. The molecule has 0 atom stereocenters. The molecule has 0 radical (unpaired) electrons. The van der Waals surface area contributed by atoms with Crippen LogP contribution < -0.4 is 5.32 Å². The summed E-state index contributed by atoms with van der Waals surface area (Å²) < 4.78 is 0. The van der Waals surface area contributed by atoms with Crippen molar-refractivity contribution in [1.82, 2.24) is 19.9 Å². The molecule has 0 bridgehead atoms. The minimum Gasteiger partial charge on any atom is -0.345 e. The molecule has 3 heterocycles. The number of nitrogens with zero attached hydrogens (tertiary/aromatic N) is 6. The van der Waals surface area contributed by atoms with Crippen LogP contribution >= 0.6 is 23.4 Å². The van der Waals surface area contributed by atoms with Gasteiger partial charge in [-0.1, -0.05) is 47.6 Å². The Hall–Kier alpha value is -3.15. The number of hydrogen-bond acceptors (Lipinski definition) is 7. The lowest BCUT2D eigenvalue weighted by atomic mass is 10.2. The van der Waals surface area contributed by atoms with E-state index in [-0.39, 0.29) is 0 Å². The van der Waals surface area contributed by atoms with Crippen LogP contribution in [0.3, 0.4) is 0 Å². The maximum Gasteiger partial charge on any atom is 0.227 e. The molecule has 0 unspecified atom stereocenters. The summed E-state index contributed by atoms with van der Waals surface area (Å²) in [7, 11) is 0. The second-order valence-electron chi connectivity index (χ2n) is 7.78. The lowest BCUT2D eigenvalue weighted by molar-refractivity contribution is 0.456. The predicted molar refractivity (Wildman–Crippen MR) is 134 cm³/mol. The molecule has 7 nitrogen and oxygen atoms in total. The molecular formula is C24H24ClN7S. The van der Waals surface area contributed by atoms with E-state index in [1.54, 1.807) is 24.0 Å². The van der Waals surface area contributed by atoms with Crippen LogP contribution in [0.5, 0.6) is 0 Å². The number of thioether (sulfide) groups is 1. The van der Waals surface area contributed by atoms with Crippen molar-refractivity contribution in [3.8, 4) is 6.19 Å². The number of halogens is 1. The quantitative estimate of drug-likeness (QED) is 0.381. The summed E-state index contributed by atoms with van der Waals surface area (Å²) in [6.45, 7) is 3.65. The Kier molecular flexibility index (Phi) is 7.76. The first-order valence-corrected chi connectivity index (χ1v) is 12.1. The van der Waals surface area contributed by atoms with Crippen molar-refractivity contribution in [3.05, 3.63) is 76.8 Å². The highest BCUT2D eigenvalue weighted by Gasteiger charge is 2.25. The van der Waals surface area contributed by atoms with Gasteiger partial charge in [-0.15, -0.1) is 4.99 Å². The van der Waals surface area contributed by atoms with E-state index >= 15 is 0 Å². The van der Waals surface area contributed by atoms with Gasteiger partial charge in [-0.25, -0.2) is 15.0 Å². The van der Waals surface area contributed by atoms with E-state index in [4.69, 9.17) is 16.9 Å². The lowest BCUT2D eigenvalue weighted by Crippen LogP contribution is -2.23. The zero-order valence-corrected chi connectivity index (χ0v) is 19.9. The number of nitrogens with one attached hydrogen (secondary N) is 1. The van der Waals surface area contributed by atoms with Gasteiger partial charge in [-0.2, -0.15) is 5.26 Å². The monoisotopic (exact) mass is 477 g/mol. The number of pyridine rings is 1. The molecule has 2 aromatic heterocycles. The molecule has 168 valence electrons. The zero-order chi connectivity index (χ0) is 23.0. The molecule has 5 rings (SSSR count). The van der Waals surface area contributed by atoms with Crippen molar-refractivity contribution in [2.24, 2.45) is 4.99 Å². The number of hydrogen-bond donors (Lipinski definition) is 1. The molecular weight excluding hydrogens is 454 g/mol. The standard InChI is InChI=1S/C14H15N3.C10H9ClN4S/c1-10-9-13(11-7-8-11)17-14(15-10)16-12-5-3-2-4-6-12;11-9-2-1-8(5-13-9)6-15-3-4-16-10(15)14-7-12/h2-6,9,11H,7-8H2,1H3,(H,15,16,17);1-2,5H,3-4,6H2. The number of aryl methyl sites for hydroxylation is 1. The van der Waals surface area contributed by atoms with E-state index in [9.17, 15) is 0 Å². The molecule has 2 fully saturated rings. The molecule has 3 aromatic rings. The van der Waals surface area contributed by atoms with E-state index in [1.807, 2.05) is 49.5 Å². The normalized spacial score (nSPS) is 16.2. The largest absolute Gasteiger partial charge is 0.345 e. The number of aliphatic imine (C=N–C) groups is 1. The molecule has 1 saturated heterocycles. The molecule has 1 aromatic carbocycles. The SMILES string of the molecule is Cc1cc(C2CC2)nc(Nc2ccccc2)n1.N#CN=C1SCCN1Cc1ccc(Cl)nc1. The molecule has 1 aliphatic carbocycles. The Balaban J connectivity index is 0.000000157. The first kappa shape index (κ1) is 23.0. The van der Waals surface area contributed by atoms with Gasteiger partial charge < -0.3 is 10.2 Å². The van der Waals surface area contributed by atoms with Crippen molar-refractivity contribution in [2.75, 3.05) is 17.6 Å². The Morgan fingerprint density at radius 2 is 2.03 bits per heavy atom. The zero-order valence-electron chi connectivity index (χ0n) is 18.3. The highest BCUT2D eigenvalue weighted by molar-refractivity contribution is 8.14. The number of rotatable bonds is 5. The fourth-order valence-electron chi connectivity index (χ4n) is 3.33. The van der Waals surface area contributed by atoms with Crippen molar-refractivity contribution >= 4 is 40.2 Å². The number of anilines is 2. The number of para-hydroxylation sites is 1. The van der Waals surface area contributed by atoms with Crippen LogP contribution in [0.25, 0.3) is 0 Å². The molecule has 9 heteroatoms. The number of nitriles is 1. The van der Waals surface area contributed by atoms with Gasteiger partial charge in [0, 0.05) is 48.0 Å². The van der Waals surface area contributed by atoms with E-state index in [0.717, 1.165) is 41.0 Å². The minimum atomic E-state index is 0.491. The Labute approximate surface area is 203 Å². The minimum absolute atomic E-state index is 0.491. The highest BCUT2D eigenvalue weighted by atomic mass is 35.5. The Morgan fingerprint density at radius 3 is 2.73 bits per heavy atom. The maximum absolute atomic E-state index is 8.54. The third-order valence-corrected chi connectivity index (χ3v) is 6.29. The van der Waals surface area contributed by atoms with Crippen LogP contribution in [0.2, 0.25) is 5.15 Å². The summed E-state index contributed by atoms with van der Waals surface area (Å²) in [6, 6.07) is 15.8. The summed E-state index contributed by atoms with van der Waals surface area (Å²) in [4.78, 5) is 18.9. The molecule has 33 heavy (non-hydrogen) atoms. The van der Waals surface area contributed by atoms with Gasteiger partial charge in [0.1, 0.15) is 5.15 Å². The highest BCUT2D eigenvalue weighted by Crippen LogP contribution is 2.39. The van der Waals surface area contributed by atoms with Gasteiger partial charge in [0.2, 0.25) is 12.1 Å². The number of amidine groups is 1. The van der Waals surface area contributed by atoms with Crippen molar-refractivity contribution in [3.63, 3.8) is 0 Å². The topological polar surface area (TPSA) is 90.1 Å². The van der Waals surface area contributed by atoms with Gasteiger partial charge >= 0.3 is 0 Å².